The molecule has 0 radical (unpaired) electrons. The molecule has 3 nitrogen and oxygen atoms in total. The number of nitrogens with one attached hydrogen (secondary N) is 1. The summed E-state index contributed by atoms with van der Waals surface area (Å²) in [6.07, 6.45) is 8.31. The Hall–Kier alpha value is -1.05. The van der Waals surface area contributed by atoms with Gasteiger partial charge >= 0.3 is 0 Å². The highest BCUT2D eigenvalue weighted by Gasteiger charge is 2.11. The lowest BCUT2D eigenvalue weighted by atomic mass is 10.2. The molecule has 0 fully saturated rings. The second-order valence-electron chi connectivity index (χ2n) is 4.04. The van der Waals surface area contributed by atoms with E-state index < -0.39 is 0 Å². The molecule has 0 aromatic carbocycles. The fourth-order valence-electron chi connectivity index (χ4n) is 1.79. The Morgan fingerprint density at radius 2 is 2.28 bits per heavy atom. The van der Waals surface area contributed by atoms with E-state index in [1.165, 1.54) is 5.56 Å². The Morgan fingerprint density at radius 1 is 1.50 bits per heavy atom. The molecule has 0 amide bonds. The van der Waals surface area contributed by atoms with E-state index >= 15 is 0 Å². The van der Waals surface area contributed by atoms with E-state index in [0.717, 1.165) is 36.3 Å². The Bertz CT molecular complexity index is 412. The second-order valence-corrected chi connectivity index (χ2v) is 4.96. The topological polar surface area (TPSA) is 28.2 Å². The maximum absolute atomic E-state index is 5.43. The van der Waals surface area contributed by atoms with E-state index in [4.69, 9.17) is 6.42 Å². The van der Waals surface area contributed by atoms with E-state index in [2.05, 4.69) is 57.0 Å². The molecule has 4 heteroatoms. The van der Waals surface area contributed by atoms with E-state index in [-0.39, 0.29) is 0 Å². The highest BCUT2D eigenvalue weighted by atomic mass is 79.9. The van der Waals surface area contributed by atoms with Gasteiger partial charge in [0.2, 0.25) is 0 Å². The van der Waals surface area contributed by atoms with Gasteiger partial charge < -0.3 is 10.2 Å². The van der Waals surface area contributed by atoms with Crippen LogP contribution in [0.3, 0.4) is 0 Å². The fraction of sp³-hybridized carbons (Fsp3) is 0.500. The van der Waals surface area contributed by atoms with Crippen molar-refractivity contribution in [2.24, 2.45) is 0 Å². The van der Waals surface area contributed by atoms with Crippen molar-refractivity contribution in [2.45, 2.75) is 26.8 Å². The van der Waals surface area contributed by atoms with Crippen LogP contribution in [0.15, 0.2) is 16.7 Å². The largest absolute Gasteiger partial charge is 0.345 e. The molecule has 18 heavy (non-hydrogen) atoms. The molecule has 0 atom stereocenters. The quantitative estimate of drug-likeness (QED) is 0.785. The predicted octanol–water partition coefficient (Wildman–Crippen LogP) is 2.80. The predicted molar refractivity (Wildman–Crippen MR) is 80.7 cm³/mol. The number of aromatic nitrogens is 1. The van der Waals surface area contributed by atoms with E-state index in [9.17, 15) is 0 Å². The maximum Gasteiger partial charge on any atom is 0.133 e. The molecule has 0 spiro atoms. The van der Waals surface area contributed by atoms with E-state index in [1.54, 1.807) is 0 Å². The van der Waals surface area contributed by atoms with Gasteiger partial charge in [0, 0.05) is 29.3 Å². The van der Waals surface area contributed by atoms with Gasteiger partial charge in [-0.25, -0.2) is 4.98 Å². The van der Waals surface area contributed by atoms with E-state index in [0.29, 0.717) is 6.54 Å². The summed E-state index contributed by atoms with van der Waals surface area (Å²) in [6, 6.07) is 2.10. The van der Waals surface area contributed by atoms with Crippen molar-refractivity contribution in [1.82, 2.24) is 10.3 Å². The zero-order chi connectivity index (χ0) is 13.4. The number of terminal acetylenes is 1. The molecule has 0 aliphatic rings. The van der Waals surface area contributed by atoms with Gasteiger partial charge in [-0.2, -0.15) is 0 Å². The summed E-state index contributed by atoms with van der Waals surface area (Å²) in [5.41, 5.74) is 1.18. The summed E-state index contributed by atoms with van der Waals surface area (Å²) in [4.78, 5) is 6.66. The lowest BCUT2D eigenvalue weighted by molar-refractivity contribution is 0.714. The van der Waals surface area contributed by atoms with Crippen LogP contribution >= 0.6 is 15.9 Å². The first-order chi connectivity index (χ1) is 8.72. The van der Waals surface area contributed by atoms with Crippen molar-refractivity contribution >= 4 is 21.7 Å². The minimum Gasteiger partial charge on any atom is -0.345 e. The number of halogens is 1. The monoisotopic (exact) mass is 309 g/mol. The molecular formula is C14H20BrN3. The maximum atomic E-state index is 5.43. The number of rotatable bonds is 7. The smallest absolute Gasteiger partial charge is 0.133 e. The summed E-state index contributed by atoms with van der Waals surface area (Å²) in [7, 11) is 0. The molecule has 1 rings (SSSR count). The molecule has 1 N–H and O–H groups in total. The SMILES string of the molecule is C#CCN(CCC)c1ncc(Br)cc1CNCC. The molecular weight excluding hydrogens is 290 g/mol. The molecule has 1 aromatic rings. The van der Waals surface area contributed by atoms with Gasteiger partial charge in [-0.15, -0.1) is 6.42 Å². The van der Waals surface area contributed by atoms with Crippen LogP contribution in [0.2, 0.25) is 0 Å². The third-order valence-corrected chi connectivity index (χ3v) is 2.98. The summed E-state index contributed by atoms with van der Waals surface area (Å²) in [5, 5.41) is 3.33. The summed E-state index contributed by atoms with van der Waals surface area (Å²) < 4.78 is 0.997. The molecule has 0 saturated heterocycles. The molecule has 0 aliphatic heterocycles. The number of hydrogen-bond donors (Lipinski definition) is 1. The molecule has 0 aliphatic carbocycles. The Kier molecular flexibility index (Phi) is 6.77. The van der Waals surface area contributed by atoms with E-state index in [1.807, 2.05) is 6.20 Å². The van der Waals surface area contributed by atoms with Gasteiger partial charge in [0.25, 0.3) is 0 Å². The molecule has 0 saturated carbocycles. The Morgan fingerprint density at radius 3 is 2.89 bits per heavy atom. The minimum absolute atomic E-state index is 0.599. The van der Waals surface area contributed by atoms with Gasteiger partial charge in [-0.3, -0.25) is 0 Å². The summed E-state index contributed by atoms with van der Waals surface area (Å²) >= 11 is 3.47. The van der Waals surface area contributed by atoms with Crippen molar-refractivity contribution in [1.29, 1.82) is 0 Å². The van der Waals surface area contributed by atoms with Crippen LogP contribution in [-0.4, -0.2) is 24.6 Å². The molecule has 0 unspecified atom stereocenters. The third-order valence-electron chi connectivity index (χ3n) is 2.55. The number of anilines is 1. The van der Waals surface area contributed by atoms with Crippen LogP contribution in [-0.2, 0) is 6.54 Å². The molecule has 1 aromatic heterocycles. The average molecular weight is 310 g/mol. The summed E-state index contributed by atoms with van der Waals surface area (Å²) in [6.45, 7) is 7.51. The van der Waals surface area contributed by atoms with Gasteiger partial charge in [0.1, 0.15) is 5.82 Å². The lowest BCUT2D eigenvalue weighted by Crippen LogP contribution is -2.27. The normalized spacial score (nSPS) is 10.1. The molecule has 1 heterocycles. The number of hydrogen-bond acceptors (Lipinski definition) is 3. The first-order valence-corrected chi connectivity index (χ1v) is 7.05. The standard InChI is InChI=1S/C14H20BrN3/c1-4-7-18(8-5-2)14-12(10-16-6-3)9-13(15)11-17-14/h1,9,11,16H,5-8,10H2,2-3H3. The van der Waals surface area contributed by atoms with Crippen LogP contribution in [0.25, 0.3) is 0 Å². The summed E-state index contributed by atoms with van der Waals surface area (Å²) in [5.74, 6) is 3.69. The van der Waals surface area contributed by atoms with Gasteiger partial charge in [0.05, 0.1) is 6.54 Å². The Balaban J connectivity index is 2.99. The van der Waals surface area contributed by atoms with Gasteiger partial charge in [0.15, 0.2) is 0 Å². The first kappa shape index (κ1) is 15.0. The van der Waals surface area contributed by atoms with Crippen molar-refractivity contribution in [3.63, 3.8) is 0 Å². The van der Waals surface area contributed by atoms with Gasteiger partial charge in [-0.05, 0) is 35.0 Å². The van der Waals surface area contributed by atoms with Crippen LogP contribution < -0.4 is 10.2 Å². The minimum atomic E-state index is 0.599. The highest BCUT2D eigenvalue weighted by molar-refractivity contribution is 9.10. The van der Waals surface area contributed by atoms with Crippen molar-refractivity contribution in [3.05, 3.63) is 22.3 Å². The van der Waals surface area contributed by atoms with Crippen molar-refractivity contribution < 1.29 is 0 Å². The van der Waals surface area contributed by atoms with Gasteiger partial charge in [-0.1, -0.05) is 19.8 Å². The van der Waals surface area contributed by atoms with Crippen LogP contribution in [0, 0.1) is 12.3 Å². The molecule has 98 valence electrons. The second kappa shape index (κ2) is 8.12. The number of pyridine rings is 1. The van der Waals surface area contributed by atoms with Crippen LogP contribution in [0.5, 0.6) is 0 Å². The van der Waals surface area contributed by atoms with Crippen molar-refractivity contribution in [3.8, 4) is 12.3 Å². The lowest BCUT2D eigenvalue weighted by Gasteiger charge is -2.23. The molecule has 0 bridgehead atoms. The number of nitrogens with zero attached hydrogens (tertiary/aromatic N) is 2. The Labute approximate surface area is 118 Å². The average Bonchev–Trinajstić information content (AvgIpc) is 2.36. The van der Waals surface area contributed by atoms with Crippen molar-refractivity contribution in [2.75, 3.05) is 24.5 Å². The third kappa shape index (κ3) is 4.32. The highest BCUT2D eigenvalue weighted by Crippen LogP contribution is 2.21. The van der Waals surface area contributed by atoms with Crippen LogP contribution in [0.4, 0.5) is 5.82 Å². The zero-order valence-corrected chi connectivity index (χ0v) is 12.6. The first-order valence-electron chi connectivity index (χ1n) is 6.26. The zero-order valence-electron chi connectivity index (χ0n) is 11.0. The fourth-order valence-corrected chi connectivity index (χ4v) is 2.17. The van der Waals surface area contributed by atoms with Crippen LogP contribution in [0.1, 0.15) is 25.8 Å².